The normalized spacial score (nSPS) is 23.8. The fourth-order valence-corrected chi connectivity index (χ4v) is 2.58. The van der Waals surface area contributed by atoms with Gasteiger partial charge in [0.25, 0.3) is 0 Å². The van der Waals surface area contributed by atoms with E-state index in [2.05, 4.69) is 16.0 Å². The molecule has 8 heteroatoms. The van der Waals surface area contributed by atoms with Gasteiger partial charge in [-0.15, -0.1) is 0 Å². The second-order valence-electron chi connectivity index (χ2n) is 5.39. The van der Waals surface area contributed by atoms with Crippen molar-refractivity contribution in [2.75, 3.05) is 26.2 Å². The first-order valence-electron chi connectivity index (χ1n) is 7.36. The van der Waals surface area contributed by atoms with Crippen LogP contribution in [0.2, 0.25) is 0 Å². The van der Waals surface area contributed by atoms with Crippen molar-refractivity contribution in [2.24, 2.45) is 0 Å². The molecule has 21 heavy (non-hydrogen) atoms. The van der Waals surface area contributed by atoms with Crippen LogP contribution >= 0.6 is 0 Å². The highest BCUT2D eigenvalue weighted by Crippen LogP contribution is 2.11. The van der Waals surface area contributed by atoms with Crippen molar-refractivity contribution in [3.8, 4) is 0 Å². The van der Waals surface area contributed by atoms with Crippen molar-refractivity contribution >= 4 is 17.8 Å². The van der Waals surface area contributed by atoms with Crippen LogP contribution in [-0.4, -0.2) is 66.2 Å². The lowest BCUT2D eigenvalue weighted by atomic mass is 10.2. The summed E-state index contributed by atoms with van der Waals surface area (Å²) in [6.45, 7) is 1.05. The Morgan fingerprint density at radius 1 is 1.29 bits per heavy atom. The molecule has 4 N–H and O–H groups in total. The van der Waals surface area contributed by atoms with Gasteiger partial charge in [0, 0.05) is 19.6 Å². The van der Waals surface area contributed by atoms with E-state index in [-0.39, 0.29) is 12.5 Å². The summed E-state index contributed by atoms with van der Waals surface area (Å²) in [4.78, 5) is 37.0. The first kappa shape index (κ1) is 15.6. The number of hydrogen-bond donors (Lipinski definition) is 4. The molecule has 1 unspecified atom stereocenters. The Hall–Kier alpha value is -1.83. The van der Waals surface area contributed by atoms with Crippen molar-refractivity contribution in [2.45, 2.75) is 37.8 Å². The van der Waals surface area contributed by atoms with E-state index in [1.54, 1.807) is 4.90 Å². The van der Waals surface area contributed by atoms with Crippen LogP contribution in [0, 0.1) is 0 Å². The van der Waals surface area contributed by atoms with Gasteiger partial charge >= 0.3 is 6.03 Å². The first-order chi connectivity index (χ1) is 10.1. The van der Waals surface area contributed by atoms with Gasteiger partial charge in [-0.2, -0.15) is 0 Å². The van der Waals surface area contributed by atoms with Crippen molar-refractivity contribution in [3.05, 3.63) is 0 Å². The Kier molecular flexibility index (Phi) is 5.38. The lowest BCUT2D eigenvalue weighted by molar-refractivity contribution is -0.137. The van der Waals surface area contributed by atoms with E-state index in [0.29, 0.717) is 13.1 Å². The summed E-state index contributed by atoms with van der Waals surface area (Å²) in [6, 6.07) is -2.06. The zero-order valence-corrected chi connectivity index (χ0v) is 11.9. The number of aliphatic hydroxyl groups is 1. The second kappa shape index (κ2) is 7.26. The molecule has 2 saturated heterocycles. The number of rotatable bonds is 4. The monoisotopic (exact) mass is 298 g/mol. The number of nitrogens with zero attached hydrogens (tertiary/aromatic N) is 1. The van der Waals surface area contributed by atoms with Crippen LogP contribution in [0.4, 0.5) is 4.79 Å². The highest BCUT2D eigenvalue weighted by atomic mass is 16.3. The van der Waals surface area contributed by atoms with E-state index in [1.165, 1.54) is 0 Å². The van der Waals surface area contributed by atoms with Gasteiger partial charge in [-0.1, -0.05) is 12.8 Å². The lowest BCUT2D eigenvalue weighted by Crippen LogP contribution is -2.54. The number of nitrogens with one attached hydrogen (secondary N) is 3. The van der Waals surface area contributed by atoms with Gasteiger partial charge in [-0.3, -0.25) is 9.59 Å². The minimum absolute atomic E-state index is 0.181. The molecular formula is C13H22N4O4. The van der Waals surface area contributed by atoms with Crippen LogP contribution in [0.15, 0.2) is 0 Å². The third-order valence-electron chi connectivity index (χ3n) is 3.80. The number of urea groups is 1. The molecule has 4 amide bonds. The van der Waals surface area contributed by atoms with Gasteiger partial charge in [0.15, 0.2) is 0 Å². The molecule has 2 aliphatic heterocycles. The molecule has 2 aliphatic rings. The number of carbonyl (C=O) groups is 3. The maximum absolute atomic E-state index is 12.3. The number of carbonyl (C=O) groups excluding carboxylic acids is 3. The Labute approximate surface area is 123 Å². The summed E-state index contributed by atoms with van der Waals surface area (Å²) < 4.78 is 0. The van der Waals surface area contributed by atoms with Gasteiger partial charge < -0.3 is 26.0 Å². The zero-order chi connectivity index (χ0) is 15.2. The molecule has 0 spiro atoms. The predicted molar refractivity (Wildman–Crippen MR) is 74.4 cm³/mol. The van der Waals surface area contributed by atoms with Crippen LogP contribution in [-0.2, 0) is 9.59 Å². The van der Waals surface area contributed by atoms with Gasteiger partial charge in [0.1, 0.15) is 12.1 Å². The molecule has 2 heterocycles. The second-order valence-corrected chi connectivity index (χ2v) is 5.39. The molecule has 2 rings (SSSR count). The van der Waals surface area contributed by atoms with Crippen LogP contribution < -0.4 is 16.0 Å². The number of likely N-dealkylation sites (tertiary alicyclic amines) is 1. The average molecular weight is 298 g/mol. The highest BCUT2D eigenvalue weighted by Gasteiger charge is 2.31. The van der Waals surface area contributed by atoms with E-state index < -0.39 is 30.6 Å². The van der Waals surface area contributed by atoms with E-state index in [9.17, 15) is 19.5 Å². The molecule has 0 aromatic heterocycles. The van der Waals surface area contributed by atoms with Crippen LogP contribution in [0.5, 0.6) is 0 Å². The van der Waals surface area contributed by atoms with E-state index in [1.807, 2.05) is 0 Å². The minimum Gasteiger partial charge on any atom is -0.394 e. The SMILES string of the molecule is O=C1NCC(C(=O)N[C@@H](CO)C(=O)N2CCCCCC2)N1. The molecule has 0 radical (unpaired) electrons. The van der Waals surface area contributed by atoms with Crippen molar-refractivity contribution in [1.82, 2.24) is 20.9 Å². The number of hydrogen-bond acceptors (Lipinski definition) is 4. The summed E-state index contributed by atoms with van der Waals surface area (Å²) in [7, 11) is 0. The minimum atomic E-state index is -0.951. The fraction of sp³-hybridized carbons (Fsp3) is 0.769. The smallest absolute Gasteiger partial charge is 0.315 e. The summed E-state index contributed by atoms with van der Waals surface area (Å²) in [6.07, 6.45) is 4.08. The largest absolute Gasteiger partial charge is 0.394 e. The number of amides is 4. The molecule has 0 saturated carbocycles. The fourth-order valence-electron chi connectivity index (χ4n) is 2.58. The van der Waals surface area contributed by atoms with Crippen molar-refractivity contribution < 1.29 is 19.5 Å². The summed E-state index contributed by atoms with van der Waals surface area (Å²) in [5, 5.41) is 16.8. The van der Waals surface area contributed by atoms with E-state index in [4.69, 9.17) is 0 Å². The molecule has 0 aromatic rings. The molecule has 2 fully saturated rings. The Bertz CT molecular complexity index is 407. The van der Waals surface area contributed by atoms with Gasteiger partial charge in [-0.05, 0) is 12.8 Å². The Morgan fingerprint density at radius 3 is 2.48 bits per heavy atom. The molecule has 8 nitrogen and oxygen atoms in total. The molecular weight excluding hydrogens is 276 g/mol. The quantitative estimate of drug-likeness (QED) is 0.509. The topological polar surface area (TPSA) is 111 Å². The van der Waals surface area contributed by atoms with Gasteiger partial charge in [0.05, 0.1) is 6.61 Å². The highest BCUT2D eigenvalue weighted by molar-refractivity contribution is 5.93. The third kappa shape index (κ3) is 4.07. The Balaban J connectivity index is 1.90. The molecule has 0 aromatic carbocycles. The van der Waals surface area contributed by atoms with Crippen LogP contribution in [0.1, 0.15) is 25.7 Å². The van der Waals surface area contributed by atoms with E-state index in [0.717, 1.165) is 25.7 Å². The summed E-state index contributed by atoms with van der Waals surface area (Å²) >= 11 is 0. The van der Waals surface area contributed by atoms with Gasteiger partial charge in [-0.25, -0.2) is 4.79 Å². The molecule has 2 atom stereocenters. The maximum Gasteiger partial charge on any atom is 0.315 e. The predicted octanol–water partition coefficient (Wildman–Crippen LogP) is -1.45. The first-order valence-corrected chi connectivity index (χ1v) is 7.36. The van der Waals surface area contributed by atoms with Crippen LogP contribution in [0.3, 0.4) is 0 Å². The zero-order valence-electron chi connectivity index (χ0n) is 11.9. The van der Waals surface area contributed by atoms with Crippen LogP contribution in [0.25, 0.3) is 0 Å². The average Bonchev–Trinajstić information content (AvgIpc) is 2.76. The standard InChI is InChI=1S/C13H22N4O4/c18-8-10(12(20)17-5-3-1-2-4-6-17)15-11(19)9-7-14-13(21)16-9/h9-10,18H,1-8H2,(H,15,19)(H2,14,16,21)/t9?,10-/m0/s1. The lowest BCUT2D eigenvalue weighted by Gasteiger charge is -2.26. The number of aliphatic hydroxyl groups excluding tert-OH is 1. The molecule has 0 aliphatic carbocycles. The Morgan fingerprint density at radius 2 is 1.95 bits per heavy atom. The van der Waals surface area contributed by atoms with Crippen molar-refractivity contribution in [1.29, 1.82) is 0 Å². The molecule has 0 bridgehead atoms. The summed E-state index contributed by atoms with van der Waals surface area (Å²) in [5.74, 6) is -0.722. The van der Waals surface area contributed by atoms with E-state index >= 15 is 0 Å². The maximum atomic E-state index is 12.3. The third-order valence-corrected chi connectivity index (χ3v) is 3.80. The summed E-state index contributed by atoms with van der Waals surface area (Å²) in [5.41, 5.74) is 0. The van der Waals surface area contributed by atoms with Gasteiger partial charge in [0.2, 0.25) is 11.8 Å². The van der Waals surface area contributed by atoms with Crippen molar-refractivity contribution in [3.63, 3.8) is 0 Å². The molecule has 118 valence electrons.